The third-order valence-electron chi connectivity index (χ3n) is 4.61. The van der Waals surface area contributed by atoms with E-state index in [1.165, 1.54) is 6.07 Å². The van der Waals surface area contributed by atoms with Crippen LogP contribution >= 0.6 is 11.3 Å². The fraction of sp³-hybridized carbons (Fsp3) is 0.421. The number of benzene rings is 1. The Hall–Kier alpha value is -1.90. The van der Waals surface area contributed by atoms with Gasteiger partial charge in [-0.05, 0) is 36.6 Å². The molecule has 1 aromatic carbocycles. The minimum absolute atomic E-state index is 0.212. The Morgan fingerprint density at radius 1 is 1.15 bits per heavy atom. The first kappa shape index (κ1) is 19.9. The predicted molar refractivity (Wildman–Crippen MR) is 106 cm³/mol. The highest BCUT2D eigenvalue weighted by Gasteiger charge is 2.27. The van der Waals surface area contributed by atoms with Gasteiger partial charge in [0.2, 0.25) is 10.0 Å². The maximum Gasteiger partial charge on any atom is 0.261 e. The van der Waals surface area contributed by atoms with Crippen LogP contribution in [0.25, 0.3) is 0 Å². The molecule has 146 valence electrons. The highest BCUT2D eigenvalue weighted by atomic mass is 32.2. The fourth-order valence-corrected chi connectivity index (χ4v) is 5.71. The van der Waals surface area contributed by atoms with Crippen molar-refractivity contribution in [3.63, 3.8) is 0 Å². The van der Waals surface area contributed by atoms with Crippen LogP contribution in [0.15, 0.2) is 40.6 Å². The van der Waals surface area contributed by atoms with Crippen LogP contribution in [0, 0.1) is 0 Å². The van der Waals surface area contributed by atoms with Crippen LogP contribution in [-0.2, 0) is 16.6 Å². The summed E-state index contributed by atoms with van der Waals surface area (Å²) in [7, 11) is -1.92. The molecule has 0 aliphatic carbocycles. The van der Waals surface area contributed by atoms with E-state index in [9.17, 15) is 13.2 Å². The van der Waals surface area contributed by atoms with E-state index in [1.54, 1.807) is 16.8 Å². The van der Waals surface area contributed by atoms with E-state index in [0.29, 0.717) is 24.5 Å². The van der Waals surface area contributed by atoms with Crippen molar-refractivity contribution in [1.82, 2.24) is 9.62 Å². The normalized spacial score (nSPS) is 15.9. The lowest BCUT2D eigenvalue weighted by Gasteiger charge is -2.18. The predicted octanol–water partition coefficient (Wildman–Crippen LogP) is 3.25. The summed E-state index contributed by atoms with van der Waals surface area (Å²) >= 11 is 1.16. The van der Waals surface area contributed by atoms with Crippen LogP contribution in [0.2, 0.25) is 0 Å². The minimum atomic E-state index is -3.52. The van der Waals surface area contributed by atoms with E-state index in [2.05, 4.69) is 5.32 Å². The van der Waals surface area contributed by atoms with Crippen molar-refractivity contribution < 1.29 is 17.9 Å². The van der Waals surface area contributed by atoms with Crippen LogP contribution in [0.3, 0.4) is 0 Å². The summed E-state index contributed by atoms with van der Waals surface area (Å²) in [6.07, 6.45) is 3.90. The summed E-state index contributed by atoms with van der Waals surface area (Å²) in [4.78, 5) is 13.0. The molecule has 8 heteroatoms. The summed E-state index contributed by atoms with van der Waals surface area (Å²) < 4.78 is 32.3. The van der Waals surface area contributed by atoms with Crippen molar-refractivity contribution in [1.29, 1.82) is 0 Å². The van der Waals surface area contributed by atoms with Gasteiger partial charge >= 0.3 is 0 Å². The summed E-state index contributed by atoms with van der Waals surface area (Å²) in [6.45, 7) is 1.48. The van der Waals surface area contributed by atoms with Gasteiger partial charge in [0.25, 0.3) is 5.91 Å². The van der Waals surface area contributed by atoms with E-state index in [4.69, 9.17) is 4.74 Å². The Morgan fingerprint density at radius 2 is 1.81 bits per heavy atom. The highest BCUT2D eigenvalue weighted by molar-refractivity contribution is 7.89. The lowest BCUT2D eigenvalue weighted by molar-refractivity contribution is 0.0955. The minimum Gasteiger partial charge on any atom is -0.497 e. The van der Waals surface area contributed by atoms with Gasteiger partial charge in [-0.3, -0.25) is 4.79 Å². The van der Waals surface area contributed by atoms with E-state index in [0.717, 1.165) is 48.3 Å². The van der Waals surface area contributed by atoms with Crippen molar-refractivity contribution in [3.05, 3.63) is 46.2 Å². The average Bonchev–Trinajstić information content (AvgIpc) is 3.03. The molecule has 3 rings (SSSR count). The van der Waals surface area contributed by atoms with Gasteiger partial charge in [-0.1, -0.05) is 25.0 Å². The summed E-state index contributed by atoms with van der Waals surface area (Å²) in [5.41, 5.74) is 0.943. The number of carbonyl (C=O) groups excluding carboxylic acids is 1. The Bertz CT molecular complexity index is 867. The van der Waals surface area contributed by atoms with Gasteiger partial charge in [-0.25, -0.2) is 8.42 Å². The molecule has 1 fully saturated rings. The topological polar surface area (TPSA) is 75.7 Å². The number of carbonyl (C=O) groups is 1. The number of amides is 1. The largest absolute Gasteiger partial charge is 0.497 e. The molecular weight excluding hydrogens is 384 g/mol. The zero-order valence-corrected chi connectivity index (χ0v) is 16.9. The Labute approximate surface area is 164 Å². The summed E-state index contributed by atoms with van der Waals surface area (Å²) in [5.74, 6) is 0.486. The molecule has 0 bridgehead atoms. The molecule has 27 heavy (non-hydrogen) atoms. The molecular formula is C19H24N2O4S2. The molecule has 0 atom stereocenters. The molecule has 1 N–H and O–H groups in total. The molecule has 1 aliphatic heterocycles. The number of nitrogens with one attached hydrogen (secondary N) is 1. The molecule has 0 radical (unpaired) electrons. The molecule has 0 spiro atoms. The van der Waals surface area contributed by atoms with Gasteiger partial charge in [0.15, 0.2) is 0 Å². The Balaban J connectivity index is 1.64. The third kappa shape index (κ3) is 4.88. The second-order valence-electron chi connectivity index (χ2n) is 6.50. The highest BCUT2D eigenvalue weighted by Crippen LogP contribution is 2.25. The smallest absolute Gasteiger partial charge is 0.261 e. The first-order valence-corrected chi connectivity index (χ1v) is 11.3. The molecule has 2 aromatic rings. The number of hydrogen-bond acceptors (Lipinski definition) is 5. The van der Waals surface area contributed by atoms with E-state index >= 15 is 0 Å². The third-order valence-corrected chi connectivity index (χ3v) is 7.57. The van der Waals surface area contributed by atoms with Gasteiger partial charge in [-0.15, -0.1) is 11.3 Å². The summed E-state index contributed by atoms with van der Waals surface area (Å²) in [5, 5.41) is 4.39. The number of nitrogens with zero attached hydrogens (tertiary/aromatic N) is 1. The van der Waals surface area contributed by atoms with Gasteiger partial charge in [0.05, 0.1) is 16.9 Å². The first-order valence-electron chi connectivity index (χ1n) is 9.00. The number of rotatable bonds is 6. The molecule has 0 saturated carbocycles. The van der Waals surface area contributed by atoms with Gasteiger partial charge in [0.1, 0.15) is 5.75 Å². The van der Waals surface area contributed by atoms with Crippen LogP contribution in [0.5, 0.6) is 5.75 Å². The van der Waals surface area contributed by atoms with E-state index in [1.807, 2.05) is 24.3 Å². The SMILES string of the molecule is COc1ccc(CNC(=O)c2cc(S(=O)(=O)N3CCCCCC3)cs2)cc1. The molecule has 1 aliphatic rings. The van der Waals surface area contributed by atoms with Crippen LogP contribution in [0.4, 0.5) is 0 Å². The maximum absolute atomic E-state index is 12.8. The van der Waals surface area contributed by atoms with Crippen molar-refractivity contribution >= 4 is 27.3 Å². The van der Waals surface area contributed by atoms with Crippen molar-refractivity contribution in [2.45, 2.75) is 37.1 Å². The number of methoxy groups -OCH3 is 1. The standard InChI is InChI=1S/C19H24N2O4S2/c1-25-16-8-6-15(7-9-16)13-20-19(22)18-12-17(14-26-18)27(23,24)21-10-4-2-3-5-11-21/h6-9,12,14H,2-5,10-11,13H2,1H3,(H,20,22). The van der Waals surface area contributed by atoms with Crippen LogP contribution in [0.1, 0.15) is 40.9 Å². The van der Waals surface area contributed by atoms with Crippen molar-refractivity contribution in [2.24, 2.45) is 0 Å². The average molecular weight is 409 g/mol. The zero-order valence-electron chi connectivity index (χ0n) is 15.3. The van der Waals surface area contributed by atoms with E-state index in [-0.39, 0.29) is 10.8 Å². The molecule has 1 amide bonds. The number of thiophene rings is 1. The number of sulfonamides is 1. The van der Waals surface area contributed by atoms with Crippen molar-refractivity contribution in [3.8, 4) is 5.75 Å². The summed E-state index contributed by atoms with van der Waals surface area (Å²) in [6, 6.07) is 8.90. The van der Waals surface area contributed by atoms with Crippen molar-refractivity contribution in [2.75, 3.05) is 20.2 Å². The molecule has 1 aromatic heterocycles. The Kier molecular flexibility index (Phi) is 6.51. The molecule has 0 unspecified atom stereocenters. The molecule has 6 nitrogen and oxygen atoms in total. The monoisotopic (exact) mass is 408 g/mol. The fourth-order valence-electron chi connectivity index (χ4n) is 3.02. The molecule has 1 saturated heterocycles. The quantitative estimate of drug-likeness (QED) is 0.796. The Morgan fingerprint density at radius 3 is 2.44 bits per heavy atom. The zero-order chi connectivity index (χ0) is 19.3. The van der Waals surface area contributed by atoms with Gasteiger partial charge in [-0.2, -0.15) is 4.31 Å². The molecule has 2 heterocycles. The second-order valence-corrected chi connectivity index (χ2v) is 9.34. The van der Waals surface area contributed by atoms with Gasteiger partial charge < -0.3 is 10.1 Å². The second kappa shape index (κ2) is 8.86. The van der Waals surface area contributed by atoms with Gasteiger partial charge in [0, 0.05) is 25.0 Å². The van der Waals surface area contributed by atoms with E-state index < -0.39 is 10.0 Å². The number of hydrogen-bond donors (Lipinski definition) is 1. The first-order chi connectivity index (χ1) is 13.0. The maximum atomic E-state index is 12.8. The lowest BCUT2D eigenvalue weighted by atomic mass is 10.2. The van der Waals surface area contributed by atoms with Crippen LogP contribution < -0.4 is 10.1 Å². The lowest BCUT2D eigenvalue weighted by Crippen LogP contribution is -2.31. The number of ether oxygens (including phenoxy) is 1. The van der Waals surface area contributed by atoms with Crippen LogP contribution in [-0.4, -0.2) is 38.8 Å².